The van der Waals surface area contributed by atoms with Crippen molar-refractivity contribution in [2.75, 3.05) is 5.32 Å². The lowest BCUT2D eigenvalue weighted by Crippen LogP contribution is -2.13. The number of nitrogens with one attached hydrogen (secondary N) is 1. The molecular weight excluding hydrogens is 248 g/mol. The molecule has 0 bridgehead atoms. The van der Waals surface area contributed by atoms with Crippen LogP contribution in [-0.4, -0.2) is 20.9 Å². The second-order valence-corrected chi connectivity index (χ2v) is 4.25. The van der Waals surface area contributed by atoms with Crippen LogP contribution in [0.1, 0.15) is 15.4 Å². The Morgan fingerprint density at radius 1 is 1.50 bits per heavy atom. The number of amides is 1. The highest BCUT2D eigenvalue weighted by Gasteiger charge is 2.09. The predicted molar refractivity (Wildman–Crippen MR) is 61.8 cm³/mol. The fourth-order valence-corrected chi connectivity index (χ4v) is 1.83. The van der Waals surface area contributed by atoms with E-state index in [4.69, 9.17) is 11.6 Å². The number of thiazole rings is 1. The molecule has 0 unspecified atom stereocenters. The zero-order valence-corrected chi connectivity index (χ0v) is 9.84. The molecular formula is C9H7ClN4OS. The first-order valence-corrected chi connectivity index (χ1v) is 5.62. The number of aromatic nitrogens is 3. The van der Waals surface area contributed by atoms with E-state index in [9.17, 15) is 4.79 Å². The summed E-state index contributed by atoms with van der Waals surface area (Å²) in [4.78, 5) is 23.9. The summed E-state index contributed by atoms with van der Waals surface area (Å²) in [6, 6.07) is 1.61. The second kappa shape index (κ2) is 4.54. The van der Waals surface area contributed by atoms with Crippen LogP contribution < -0.4 is 5.32 Å². The monoisotopic (exact) mass is 254 g/mol. The van der Waals surface area contributed by atoms with Crippen LogP contribution in [0.3, 0.4) is 0 Å². The lowest BCUT2D eigenvalue weighted by Gasteiger charge is -2.02. The molecule has 5 nitrogen and oxygen atoms in total. The maximum absolute atomic E-state index is 11.6. The number of hydrogen-bond donors (Lipinski definition) is 1. The first kappa shape index (κ1) is 11.0. The summed E-state index contributed by atoms with van der Waals surface area (Å²) in [7, 11) is 0. The van der Waals surface area contributed by atoms with E-state index in [-0.39, 0.29) is 11.9 Å². The minimum Gasteiger partial charge on any atom is -0.290 e. The molecule has 2 heterocycles. The summed E-state index contributed by atoms with van der Waals surface area (Å²) in [6.07, 6.45) is 1.48. The van der Waals surface area contributed by atoms with E-state index in [1.165, 1.54) is 17.5 Å². The van der Waals surface area contributed by atoms with Gasteiger partial charge in [-0.15, -0.1) is 11.3 Å². The van der Waals surface area contributed by atoms with Crippen molar-refractivity contribution in [3.8, 4) is 0 Å². The van der Waals surface area contributed by atoms with Gasteiger partial charge in [0.1, 0.15) is 10.0 Å². The highest BCUT2D eigenvalue weighted by Crippen LogP contribution is 2.12. The minimum atomic E-state index is -0.288. The van der Waals surface area contributed by atoms with Crippen LogP contribution in [0.15, 0.2) is 17.8 Å². The van der Waals surface area contributed by atoms with Crippen LogP contribution >= 0.6 is 22.9 Å². The molecule has 0 saturated carbocycles. The van der Waals surface area contributed by atoms with Gasteiger partial charge in [0.15, 0.2) is 0 Å². The standard InChI is InChI=1S/C9H7ClN4OS/c1-5-2-7(10)13-9(12-5)14-8(15)6-3-11-4-16-6/h2-4H,1H3,(H,12,13,14,15). The third-order valence-corrected chi connectivity index (χ3v) is 2.67. The van der Waals surface area contributed by atoms with Gasteiger partial charge in [-0.3, -0.25) is 15.1 Å². The van der Waals surface area contributed by atoms with E-state index in [1.54, 1.807) is 18.5 Å². The zero-order chi connectivity index (χ0) is 11.5. The Balaban J connectivity index is 2.18. The highest BCUT2D eigenvalue weighted by molar-refractivity contribution is 7.11. The van der Waals surface area contributed by atoms with Crippen molar-refractivity contribution in [1.82, 2.24) is 15.0 Å². The van der Waals surface area contributed by atoms with Crippen molar-refractivity contribution in [3.05, 3.63) is 33.5 Å². The van der Waals surface area contributed by atoms with Crippen molar-refractivity contribution in [1.29, 1.82) is 0 Å². The van der Waals surface area contributed by atoms with Crippen molar-refractivity contribution in [3.63, 3.8) is 0 Å². The fourth-order valence-electron chi connectivity index (χ4n) is 1.08. The molecule has 0 aliphatic rings. The van der Waals surface area contributed by atoms with Crippen molar-refractivity contribution < 1.29 is 4.79 Å². The average molecular weight is 255 g/mol. The Morgan fingerprint density at radius 2 is 2.31 bits per heavy atom. The van der Waals surface area contributed by atoms with Crippen LogP contribution in [0.4, 0.5) is 5.95 Å². The molecule has 7 heteroatoms. The number of hydrogen-bond acceptors (Lipinski definition) is 5. The van der Waals surface area contributed by atoms with Gasteiger partial charge >= 0.3 is 0 Å². The Kier molecular flexibility index (Phi) is 3.12. The maximum atomic E-state index is 11.6. The third kappa shape index (κ3) is 2.53. The molecule has 1 N–H and O–H groups in total. The minimum absolute atomic E-state index is 0.198. The van der Waals surface area contributed by atoms with Gasteiger partial charge in [-0.1, -0.05) is 11.6 Å². The van der Waals surface area contributed by atoms with Crippen LogP contribution in [0, 0.1) is 6.92 Å². The lowest BCUT2D eigenvalue weighted by atomic mass is 10.4. The number of aryl methyl sites for hydroxylation is 1. The molecule has 0 atom stereocenters. The normalized spacial score (nSPS) is 10.1. The van der Waals surface area contributed by atoms with Gasteiger partial charge in [0.05, 0.1) is 11.7 Å². The van der Waals surface area contributed by atoms with Crippen LogP contribution in [0.25, 0.3) is 0 Å². The van der Waals surface area contributed by atoms with E-state index in [1.807, 2.05) is 0 Å². The molecule has 0 fully saturated rings. The molecule has 2 aromatic rings. The SMILES string of the molecule is Cc1cc(Cl)nc(NC(=O)c2cncs2)n1. The predicted octanol–water partition coefficient (Wildman–Crippen LogP) is 2.15. The van der Waals surface area contributed by atoms with Gasteiger partial charge in [0.2, 0.25) is 5.95 Å². The molecule has 0 aromatic carbocycles. The van der Waals surface area contributed by atoms with Crippen molar-refractivity contribution in [2.45, 2.75) is 6.92 Å². The van der Waals surface area contributed by atoms with Gasteiger partial charge in [0, 0.05) is 5.69 Å². The largest absolute Gasteiger partial charge is 0.290 e. The molecule has 16 heavy (non-hydrogen) atoms. The molecule has 0 radical (unpaired) electrons. The summed E-state index contributed by atoms with van der Waals surface area (Å²) in [6.45, 7) is 1.77. The molecule has 2 rings (SSSR count). The molecule has 0 aliphatic heterocycles. The van der Waals surface area contributed by atoms with Crippen molar-refractivity contribution in [2.24, 2.45) is 0 Å². The Bertz CT molecular complexity index is 494. The summed E-state index contributed by atoms with van der Waals surface area (Å²) in [5, 5.41) is 2.85. The quantitative estimate of drug-likeness (QED) is 0.834. The number of rotatable bonds is 2. The average Bonchev–Trinajstić information content (AvgIpc) is 2.68. The van der Waals surface area contributed by atoms with Crippen molar-refractivity contribution >= 4 is 34.8 Å². The Labute approximate surface area is 101 Å². The van der Waals surface area contributed by atoms with Gasteiger partial charge in [0.25, 0.3) is 5.91 Å². The topological polar surface area (TPSA) is 67.8 Å². The molecule has 2 aromatic heterocycles. The van der Waals surface area contributed by atoms with E-state index in [0.717, 1.165) is 0 Å². The molecule has 0 saturated heterocycles. The van der Waals surface area contributed by atoms with E-state index in [2.05, 4.69) is 20.3 Å². The van der Waals surface area contributed by atoms with E-state index in [0.29, 0.717) is 15.7 Å². The highest BCUT2D eigenvalue weighted by atomic mass is 35.5. The van der Waals surface area contributed by atoms with Gasteiger partial charge in [-0.2, -0.15) is 0 Å². The summed E-state index contributed by atoms with van der Waals surface area (Å²) in [5.74, 6) is -0.0902. The van der Waals surface area contributed by atoms with E-state index >= 15 is 0 Å². The summed E-state index contributed by atoms with van der Waals surface area (Å²) in [5.41, 5.74) is 2.28. The van der Waals surface area contributed by atoms with Crippen LogP contribution in [0.5, 0.6) is 0 Å². The summed E-state index contributed by atoms with van der Waals surface area (Å²) < 4.78 is 0. The molecule has 0 spiro atoms. The number of nitrogens with zero attached hydrogens (tertiary/aromatic N) is 3. The number of anilines is 1. The Hall–Kier alpha value is -1.53. The first-order valence-electron chi connectivity index (χ1n) is 4.36. The second-order valence-electron chi connectivity index (χ2n) is 2.98. The van der Waals surface area contributed by atoms with Crippen LogP contribution in [-0.2, 0) is 0 Å². The van der Waals surface area contributed by atoms with Gasteiger partial charge < -0.3 is 0 Å². The first-order chi connectivity index (χ1) is 7.65. The van der Waals surface area contributed by atoms with Gasteiger partial charge in [-0.25, -0.2) is 9.97 Å². The van der Waals surface area contributed by atoms with Crippen LogP contribution in [0.2, 0.25) is 5.15 Å². The lowest BCUT2D eigenvalue weighted by molar-refractivity contribution is 0.102. The molecule has 0 aliphatic carbocycles. The maximum Gasteiger partial charge on any atom is 0.269 e. The summed E-state index contributed by atoms with van der Waals surface area (Å²) >= 11 is 6.99. The van der Waals surface area contributed by atoms with Gasteiger partial charge in [-0.05, 0) is 13.0 Å². The number of carbonyl (C=O) groups excluding carboxylic acids is 1. The Morgan fingerprint density at radius 3 is 2.94 bits per heavy atom. The molecule has 82 valence electrons. The fraction of sp³-hybridized carbons (Fsp3) is 0.111. The molecule has 1 amide bonds. The zero-order valence-electron chi connectivity index (χ0n) is 8.27. The third-order valence-electron chi connectivity index (χ3n) is 1.70. The smallest absolute Gasteiger partial charge is 0.269 e. The van der Waals surface area contributed by atoms with E-state index < -0.39 is 0 Å². The number of halogens is 1. The number of carbonyl (C=O) groups is 1.